The van der Waals surface area contributed by atoms with E-state index in [4.69, 9.17) is 21.1 Å². The van der Waals surface area contributed by atoms with Crippen LogP contribution in [0.4, 0.5) is 0 Å². The number of nitrogens with zero attached hydrogens (tertiary/aromatic N) is 2. The van der Waals surface area contributed by atoms with E-state index in [0.717, 1.165) is 22.2 Å². The van der Waals surface area contributed by atoms with Gasteiger partial charge < -0.3 is 9.47 Å². The van der Waals surface area contributed by atoms with Crippen LogP contribution in [0.5, 0.6) is 11.5 Å². The maximum Gasteiger partial charge on any atom is 0.175 e. The minimum absolute atomic E-state index is 0.410. The molecule has 0 saturated carbocycles. The molecule has 0 bridgehead atoms. The number of benzene rings is 1. The molecule has 4 nitrogen and oxygen atoms in total. The summed E-state index contributed by atoms with van der Waals surface area (Å²) in [4.78, 5) is 8.40. The number of ether oxygens (including phenoxy) is 2. The predicted octanol–water partition coefficient (Wildman–Crippen LogP) is 3.72. The van der Waals surface area contributed by atoms with E-state index in [0.29, 0.717) is 29.9 Å². The summed E-state index contributed by atoms with van der Waals surface area (Å²) in [6, 6.07) is 5.42. The maximum atomic E-state index is 5.89. The van der Waals surface area contributed by atoms with Crippen LogP contribution < -0.4 is 9.47 Å². The van der Waals surface area contributed by atoms with E-state index < -0.39 is 0 Å². The van der Waals surface area contributed by atoms with Gasteiger partial charge in [0.1, 0.15) is 5.15 Å². The highest BCUT2D eigenvalue weighted by Crippen LogP contribution is 2.40. The van der Waals surface area contributed by atoms with Gasteiger partial charge in [-0.2, -0.15) is 0 Å². The fourth-order valence-electron chi connectivity index (χ4n) is 1.84. The zero-order chi connectivity index (χ0) is 13.2. The van der Waals surface area contributed by atoms with Gasteiger partial charge in [0, 0.05) is 18.2 Å². The molecule has 98 valence electrons. The fourth-order valence-corrected chi connectivity index (χ4v) is 2.53. The topological polar surface area (TPSA) is 44.2 Å². The second kappa shape index (κ2) is 5.35. The van der Waals surface area contributed by atoms with E-state index >= 15 is 0 Å². The van der Waals surface area contributed by atoms with Crippen LogP contribution in [-0.2, 0) is 0 Å². The molecule has 0 amide bonds. The lowest BCUT2D eigenvalue weighted by Crippen LogP contribution is -1.97. The third kappa shape index (κ3) is 2.67. The van der Waals surface area contributed by atoms with Crippen LogP contribution >= 0.6 is 27.5 Å². The van der Waals surface area contributed by atoms with Crippen molar-refractivity contribution in [1.82, 2.24) is 9.97 Å². The molecule has 0 atom stereocenters. The monoisotopic (exact) mass is 340 g/mol. The Morgan fingerprint density at radius 2 is 2.05 bits per heavy atom. The summed E-state index contributed by atoms with van der Waals surface area (Å²) < 4.78 is 12.2. The molecule has 19 heavy (non-hydrogen) atoms. The standard InChI is InChI=1S/C13H10BrClN2O2/c14-9-6-8(13-16-3-2-11(15)17-13)7-10-12(9)19-5-1-4-18-10/h2-3,6-7H,1,4-5H2. The molecular weight excluding hydrogens is 332 g/mol. The van der Waals surface area contributed by atoms with Gasteiger partial charge in [-0.15, -0.1) is 0 Å². The maximum absolute atomic E-state index is 5.89. The zero-order valence-electron chi connectivity index (χ0n) is 9.90. The normalized spacial score (nSPS) is 14.0. The van der Waals surface area contributed by atoms with Crippen LogP contribution in [0.1, 0.15) is 6.42 Å². The first-order chi connectivity index (χ1) is 9.24. The summed E-state index contributed by atoms with van der Waals surface area (Å²) in [6.07, 6.45) is 2.49. The Bertz CT molecular complexity index is 622. The van der Waals surface area contributed by atoms with Crippen molar-refractivity contribution in [3.8, 4) is 22.9 Å². The van der Waals surface area contributed by atoms with Crippen LogP contribution in [0.15, 0.2) is 28.9 Å². The molecule has 0 fully saturated rings. The highest BCUT2D eigenvalue weighted by molar-refractivity contribution is 9.10. The molecule has 3 rings (SSSR count). The minimum atomic E-state index is 0.410. The molecule has 0 aliphatic carbocycles. The summed E-state index contributed by atoms with van der Waals surface area (Å²) >= 11 is 9.38. The Morgan fingerprint density at radius 3 is 2.89 bits per heavy atom. The number of rotatable bonds is 1. The van der Waals surface area contributed by atoms with Gasteiger partial charge in [-0.25, -0.2) is 9.97 Å². The second-order valence-corrected chi connectivity index (χ2v) is 5.28. The summed E-state index contributed by atoms with van der Waals surface area (Å²) in [5.41, 5.74) is 0.832. The lowest BCUT2D eigenvalue weighted by Gasteiger charge is -2.11. The largest absolute Gasteiger partial charge is 0.489 e. The number of fused-ring (bicyclic) bond motifs is 1. The molecule has 0 unspecified atom stereocenters. The average molecular weight is 342 g/mol. The summed E-state index contributed by atoms with van der Waals surface area (Å²) in [7, 11) is 0. The molecule has 2 heterocycles. The van der Waals surface area contributed by atoms with Gasteiger partial charge in [0.05, 0.1) is 17.7 Å². The van der Waals surface area contributed by atoms with Crippen molar-refractivity contribution in [2.24, 2.45) is 0 Å². The van der Waals surface area contributed by atoms with Crippen molar-refractivity contribution in [1.29, 1.82) is 0 Å². The Hall–Kier alpha value is -1.33. The summed E-state index contributed by atoms with van der Waals surface area (Å²) in [6.45, 7) is 1.29. The van der Waals surface area contributed by atoms with Gasteiger partial charge in [0.15, 0.2) is 17.3 Å². The molecule has 0 N–H and O–H groups in total. The molecule has 0 radical (unpaired) electrons. The third-order valence-electron chi connectivity index (χ3n) is 2.68. The second-order valence-electron chi connectivity index (χ2n) is 4.04. The van der Waals surface area contributed by atoms with E-state index in [1.54, 1.807) is 12.3 Å². The molecule has 1 aromatic carbocycles. The van der Waals surface area contributed by atoms with Crippen molar-refractivity contribution in [2.45, 2.75) is 6.42 Å². The third-order valence-corrected chi connectivity index (χ3v) is 3.48. The predicted molar refractivity (Wildman–Crippen MR) is 75.8 cm³/mol. The van der Waals surface area contributed by atoms with E-state index in [1.807, 2.05) is 12.1 Å². The van der Waals surface area contributed by atoms with E-state index in [2.05, 4.69) is 25.9 Å². The number of hydrogen-bond donors (Lipinski definition) is 0. The summed E-state index contributed by atoms with van der Waals surface area (Å²) in [5.74, 6) is 1.98. The van der Waals surface area contributed by atoms with Crippen molar-refractivity contribution < 1.29 is 9.47 Å². The van der Waals surface area contributed by atoms with Crippen LogP contribution in [0, 0.1) is 0 Å². The number of aromatic nitrogens is 2. The van der Waals surface area contributed by atoms with Gasteiger partial charge in [0.25, 0.3) is 0 Å². The molecule has 2 aromatic rings. The first-order valence-electron chi connectivity index (χ1n) is 5.82. The first kappa shape index (κ1) is 12.7. The SMILES string of the molecule is Clc1ccnc(-c2cc(Br)c3c(c2)OCCCO3)n1. The van der Waals surface area contributed by atoms with Crippen LogP contribution in [0.25, 0.3) is 11.4 Å². The van der Waals surface area contributed by atoms with Gasteiger partial charge >= 0.3 is 0 Å². The van der Waals surface area contributed by atoms with Crippen LogP contribution in [-0.4, -0.2) is 23.2 Å². The van der Waals surface area contributed by atoms with Gasteiger partial charge in [0.2, 0.25) is 0 Å². The molecule has 0 saturated heterocycles. The zero-order valence-corrected chi connectivity index (χ0v) is 12.2. The molecule has 0 spiro atoms. The van der Waals surface area contributed by atoms with Gasteiger partial charge in [-0.1, -0.05) is 11.6 Å². The van der Waals surface area contributed by atoms with Crippen molar-refractivity contribution in [3.63, 3.8) is 0 Å². The van der Waals surface area contributed by atoms with Crippen molar-refractivity contribution in [3.05, 3.63) is 34.0 Å². The van der Waals surface area contributed by atoms with Crippen molar-refractivity contribution in [2.75, 3.05) is 13.2 Å². The van der Waals surface area contributed by atoms with E-state index in [1.165, 1.54) is 0 Å². The number of halogens is 2. The quantitative estimate of drug-likeness (QED) is 0.742. The molecule has 1 aliphatic heterocycles. The lowest BCUT2D eigenvalue weighted by molar-refractivity contribution is 0.296. The smallest absolute Gasteiger partial charge is 0.175 e. The average Bonchev–Trinajstić information content (AvgIpc) is 2.64. The Balaban J connectivity index is 2.09. The molecule has 1 aliphatic rings. The highest BCUT2D eigenvalue weighted by atomic mass is 79.9. The van der Waals surface area contributed by atoms with Gasteiger partial charge in [-0.05, 0) is 34.1 Å². The molecule has 1 aromatic heterocycles. The minimum Gasteiger partial charge on any atom is -0.489 e. The van der Waals surface area contributed by atoms with Crippen molar-refractivity contribution >= 4 is 27.5 Å². The molecular formula is C13H10BrClN2O2. The first-order valence-corrected chi connectivity index (χ1v) is 6.99. The molecule has 6 heteroatoms. The van der Waals surface area contributed by atoms with Gasteiger partial charge in [-0.3, -0.25) is 0 Å². The Labute approximate surface area is 123 Å². The van der Waals surface area contributed by atoms with Crippen LogP contribution in [0.2, 0.25) is 5.15 Å². The number of hydrogen-bond acceptors (Lipinski definition) is 4. The fraction of sp³-hybridized carbons (Fsp3) is 0.231. The Morgan fingerprint density at radius 1 is 1.21 bits per heavy atom. The van der Waals surface area contributed by atoms with E-state index in [-0.39, 0.29) is 0 Å². The highest BCUT2D eigenvalue weighted by Gasteiger charge is 2.16. The Kier molecular flexibility index (Phi) is 3.57. The van der Waals surface area contributed by atoms with E-state index in [9.17, 15) is 0 Å². The lowest BCUT2D eigenvalue weighted by atomic mass is 10.2. The summed E-state index contributed by atoms with van der Waals surface area (Å²) in [5, 5.41) is 0.410. The van der Waals surface area contributed by atoms with Crippen LogP contribution in [0.3, 0.4) is 0 Å².